The molecule has 2 N–H and O–H groups in total. The molecule has 4 nitrogen and oxygen atoms in total. The molecule has 0 bridgehead atoms. The first-order valence-corrected chi connectivity index (χ1v) is 9.95. The van der Waals surface area contributed by atoms with Crippen LogP contribution in [-0.4, -0.2) is 35.5 Å². The van der Waals surface area contributed by atoms with Gasteiger partial charge >= 0.3 is 0 Å². The highest BCUT2D eigenvalue weighted by molar-refractivity contribution is 5.94. The van der Waals surface area contributed by atoms with Crippen LogP contribution in [0.25, 0.3) is 0 Å². The molecule has 0 spiro atoms. The Hall–Kier alpha value is -2.33. The summed E-state index contributed by atoms with van der Waals surface area (Å²) in [6, 6.07) is 16.9. The Morgan fingerprint density at radius 3 is 2.37 bits per heavy atom. The van der Waals surface area contributed by atoms with Crippen LogP contribution >= 0.6 is 0 Å². The molecule has 0 aliphatic heterocycles. The molecule has 1 amide bonds. The zero-order valence-corrected chi connectivity index (χ0v) is 16.5. The Bertz CT molecular complexity index is 671. The zero-order chi connectivity index (χ0) is 19.5. The molecule has 2 rings (SSSR count). The van der Waals surface area contributed by atoms with E-state index < -0.39 is 0 Å². The Morgan fingerprint density at radius 2 is 1.74 bits per heavy atom. The lowest BCUT2D eigenvalue weighted by molar-refractivity contribution is 0.0940. The minimum Gasteiger partial charge on any atom is -0.508 e. The summed E-state index contributed by atoms with van der Waals surface area (Å²) in [7, 11) is 0. The van der Waals surface area contributed by atoms with Crippen LogP contribution in [0.4, 0.5) is 0 Å². The van der Waals surface area contributed by atoms with Gasteiger partial charge in [0.15, 0.2) is 0 Å². The third-order valence-corrected chi connectivity index (χ3v) is 4.68. The van der Waals surface area contributed by atoms with Gasteiger partial charge in [-0.15, -0.1) is 0 Å². The Morgan fingerprint density at radius 1 is 1.04 bits per heavy atom. The van der Waals surface area contributed by atoms with Crippen molar-refractivity contribution in [1.82, 2.24) is 10.2 Å². The molecular formula is C23H32N2O2. The first-order valence-electron chi connectivity index (χ1n) is 9.95. The quantitative estimate of drug-likeness (QED) is 0.616. The molecule has 0 radical (unpaired) electrons. The van der Waals surface area contributed by atoms with E-state index in [2.05, 4.69) is 48.3 Å². The van der Waals surface area contributed by atoms with Crippen molar-refractivity contribution >= 4 is 5.91 Å². The van der Waals surface area contributed by atoms with Gasteiger partial charge in [-0.25, -0.2) is 0 Å². The maximum Gasteiger partial charge on any atom is 0.251 e. The van der Waals surface area contributed by atoms with Crippen LogP contribution in [0, 0.1) is 5.92 Å². The second kappa shape index (κ2) is 11.4. The largest absolute Gasteiger partial charge is 0.508 e. The molecule has 27 heavy (non-hydrogen) atoms. The third-order valence-electron chi connectivity index (χ3n) is 4.68. The Balaban J connectivity index is 1.93. The van der Waals surface area contributed by atoms with Gasteiger partial charge in [-0.1, -0.05) is 50.6 Å². The average molecular weight is 369 g/mol. The van der Waals surface area contributed by atoms with Crippen molar-refractivity contribution in [1.29, 1.82) is 0 Å². The highest BCUT2D eigenvalue weighted by atomic mass is 16.3. The molecule has 1 unspecified atom stereocenters. The molecule has 0 fully saturated rings. The van der Waals surface area contributed by atoms with Crippen molar-refractivity contribution in [2.24, 2.45) is 5.92 Å². The number of aromatic hydroxyl groups is 1. The lowest BCUT2D eigenvalue weighted by atomic mass is 10.0. The maximum atomic E-state index is 12.4. The van der Waals surface area contributed by atoms with Gasteiger partial charge in [-0.2, -0.15) is 0 Å². The highest BCUT2D eigenvalue weighted by Gasteiger charge is 2.15. The van der Waals surface area contributed by atoms with Crippen molar-refractivity contribution in [3.8, 4) is 5.75 Å². The van der Waals surface area contributed by atoms with Crippen LogP contribution in [0.5, 0.6) is 5.75 Å². The predicted octanol–water partition coefficient (Wildman–Crippen LogP) is 4.45. The summed E-state index contributed by atoms with van der Waals surface area (Å²) in [5, 5.41) is 12.4. The number of phenolic OH excluding ortho intramolecular Hbond substituents is 1. The number of carbonyl (C=O) groups excluding carboxylic acids is 1. The SMILES string of the molecule is CCCC(CNC(=O)c1ccc(O)cc1)CN(CCC)Cc1ccccc1. The van der Waals surface area contributed by atoms with Crippen LogP contribution in [0.15, 0.2) is 54.6 Å². The third kappa shape index (κ3) is 7.43. The number of nitrogens with zero attached hydrogens (tertiary/aromatic N) is 1. The predicted molar refractivity (Wildman–Crippen MR) is 111 cm³/mol. The molecule has 0 aromatic heterocycles. The summed E-state index contributed by atoms with van der Waals surface area (Å²) >= 11 is 0. The normalized spacial score (nSPS) is 12.1. The number of carbonyl (C=O) groups is 1. The van der Waals surface area contributed by atoms with Crippen molar-refractivity contribution in [2.45, 2.75) is 39.7 Å². The van der Waals surface area contributed by atoms with E-state index in [0.29, 0.717) is 18.0 Å². The fourth-order valence-corrected chi connectivity index (χ4v) is 3.38. The van der Waals surface area contributed by atoms with Crippen LogP contribution in [0.3, 0.4) is 0 Å². The van der Waals surface area contributed by atoms with Gasteiger partial charge in [0.05, 0.1) is 0 Å². The summed E-state index contributed by atoms with van der Waals surface area (Å²) in [6.07, 6.45) is 3.31. The van der Waals surface area contributed by atoms with Gasteiger partial charge in [0.25, 0.3) is 5.91 Å². The number of phenols is 1. The summed E-state index contributed by atoms with van der Waals surface area (Å²) in [4.78, 5) is 14.8. The number of benzene rings is 2. The summed E-state index contributed by atoms with van der Waals surface area (Å²) in [5.41, 5.74) is 1.91. The second-order valence-corrected chi connectivity index (χ2v) is 7.13. The van der Waals surface area contributed by atoms with E-state index in [1.54, 1.807) is 24.3 Å². The number of amides is 1. The molecule has 4 heteroatoms. The van der Waals surface area contributed by atoms with Crippen molar-refractivity contribution < 1.29 is 9.90 Å². The molecule has 0 heterocycles. The van der Waals surface area contributed by atoms with Gasteiger partial charge < -0.3 is 10.4 Å². The van der Waals surface area contributed by atoms with Gasteiger partial charge in [-0.05, 0) is 55.1 Å². The first-order chi connectivity index (χ1) is 13.1. The standard InChI is InChI=1S/C23H32N2O2/c1-3-8-20(16-24-23(27)21-11-13-22(26)14-12-21)18-25(15-4-2)17-19-9-6-5-7-10-19/h5-7,9-14,20,26H,3-4,8,15-18H2,1-2H3,(H,24,27). The molecular weight excluding hydrogens is 336 g/mol. The van der Waals surface area contributed by atoms with Crippen molar-refractivity contribution in [3.63, 3.8) is 0 Å². The monoisotopic (exact) mass is 368 g/mol. The van der Waals surface area contributed by atoms with Crippen molar-refractivity contribution in [2.75, 3.05) is 19.6 Å². The van der Waals surface area contributed by atoms with E-state index in [1.165, 1.54) is 5.56 Å². The molecule has 0 saturated heterocycles. The highest BCUT2D eigenvalue weighted by Crippen LogP contribution is 2.13. The topological polar surface area (TPSA) is 52.6 Å². The number of nitrogens with one attached hydrogen (secondary N) is 1. The summed E-state index contributed by atoms with van der Waals surface area (Å²) in [6.45, 7) is 8.05. The van der Waals surface area contributed by atoms with Crippen molar-refractivity contribution in [3.05, 3.63) is 65.7 Å². The van der Waals surface area contributed by atoms with E-state index in [4.69, 9.17) is 0 Å². The molecule has 1 atom stereocenters. The number of hydrogen-bond acceptors (Lipinski definition) is 3. The lowest BCUT2D eigenvalue weighted by Crippen LogP contribution is -2.37. The van der Waals surface area contributed by atoms with E-state index >= 15 is 0 Å². The Labute approximate surface area is 163 Å². The van der Waals surface area contributed by atoms with E-state index in [1.807, 2.05) is 6.07 Å². The molecule has 2 aromatic rings. The molecule has 2 aromatic carbocycles. The maximum absolute atomic E-state index is 12.4. The van der Waals surface area contributed by atoms with Crippen LogP contribution in [0.1, 0.15) is 49.0 Å². The van der Waals surface area contributed by atoms with Crippen LogP contribution in [-0.2, 0) is 6.54 Å². The first kappa shape index (κ1) is 21.0. The Kier molecular flexibility index (Phi) is 8.85. The van der Waals surface area contributed by atoms with E-state index in [0.717, 1.165) is 38.9 Å². The fraction of sp³-hybridized carbons (Fsp3) is 0.435. The van der Waals surface area contributed by atoms with Gasteiger partial charge in [0.2, 0.25) is 0 Å². The van der Waals surface area contributed by atoms with Crippen LogP contribution < -0.4 is 5.32 Å². The van der Waals surface area contributed by atoms with Gasteiger partial charge in [0, 0.05) is 25.2 Å². The number of rotatable bonds is 11. The van der Waals surface area contributed by atoms with E-state index in [-0.39, 0.29) is 11.7 Å². The molecule has 0 aliphatic carbocycles. The van der Waals surface area contributed by atoms with Gasteiger partial charge in [0.1, 0.15) is 5.75 Å². The average Bonchev–Trinajstić information content (AvgIpc) is 2.67. The lowest BCUT2D eigenvalue weighted by Gasteiger charge is -2.27. The van der Waals surface area contributed by atoms with Crippen LogP contribution in [0.2, 0.25) is 0 Å². The minimum atomic E-state index is -0.0822. The molecule has 0 aliphatic rings. The molecule has 0 saturated carbocycles. The fourth-order valence-electron chi connectivity index (χ4n) is 3.38. The molecule has 146 valence electrons. The summed E-state index contributed by atoms with van der Waals surface area (Å²) in [5.74, 6) is 0.513. The number of hydrogen-bond donors (Lipinski definition) is 2. The van der Waals surface area contributed by atoms with Gasteiger partial charge in [-0.3, -0.25) is 9.69 Å². The van der Waals surface area contributed by atoms with E-state index in [9.17, 15) is 9.90 Å². The summed E-state index contributed by atoms with van der Waals surface area (Å²) < 4.78 is 0. The smallest absolute Gasteiger partial charge is 0.251 e. The minimum absolute atomic E-state index is 0.0822. The zero-order valence-electron chi connectivity index (χ0n) is 16.5. The second-order valence-electron chi connectivity index (χ2n) is 7.13.